The maximum atomic E-state index is 11.3. The van der Waals surface area contributed by atoms with E-state index in [1.807, 2.05) is 18.2 Å². The summed E-state index contributed by atoms with van der Waals surface area (Å²) >= 11 is 0. The third kappa shape index (κ3) is 6.58. The molecule has 0 spiro atoms. The van der Waals surface area contributed by atoms with E-state index in [0.717, 1.165) is 49.6 Å². The molecule has 1 heterocycles. The van der Waals surface area contributed by atoms with Crippen molar-refractivity contribution in [3.63, 3.8) is 0 Å². The summed E-state index contributed by atoms with van der Waals surface area (Å²) in [5.74, 6) is 1.74. The lowest BCUT2D eigenvalue weighted by molar-refractivity contribution is -0.152. The quantitative estimate of drug-likeness (QED) is 0.314. The summed E-state index contributed by atoms with van der Waals surface area (Å²) in [7, 11) is 3.36. The molecule has 3 aromatic carbocycles. The van der Waals surface area contributed by atoms with E-state index in [9.17, 15) is 9.90 Å². The molecule has 202 valence electrons. The van der Waals surface area contributed by atoms with Crippen LogP contribution in [0.3, 0.4) is 0 Å². The minimum atomic E-state index is -1.29. The van der Waals surface area contributed by atoms with E-state index in [-0.39, 0.29) is 6.04 Å². The zero-order chi connectivity index (χ0) is 27.1. The van der Waals surface area contributed by atoms with E-state index < -0.39 is 11.6 Å². The highest BCUT2D eigenvalue weighted by atomic mass is 16.5. The molecule has 0 radical (unpaired) electrons. The van der Waals surface area contributed by atoms with Gasteiger partial charge in [-0.3, -0.25) is 4.90 Å². The molecule has 1 aliphatic rings. The lowest BCUT2D eigenvalue weighted by Crippen LogP contribution is -2.38. The Morgan fingerprint density at radius 2 is 1.63 bits per heavy atom. The zero-order valence-corrected chi connectivity index (χ0v) is 22.6. The summed E-state index contributed by atoms with van der Waals surface area (Å²) < 4.78 is 22.7. The van der Waals surface area contributed by atoms with Gasteiger partial charge in [-0.05, 0) is 86.2 Å². The zero-order valence-electron chi connectivity index (χ0n) is 22.6. The molecule has 0 amide bonds. The fraction of sp³-hybridized carbons (Fsp3) is 0.387. The molecule has 0 saturated heterocycles. The van der Waals surface area contributed by atoms with Gasteiger partial charge in [0.1, 0.15) is 11.5 Å². The lowest BCUT2D eigenvalue weighted by Gasteiger charge is -2.38. The molecule has 3 aromatic rings. The van der Waals surface area contributed by atoms with Gasteiger partial charge in [-0.15, -0.1) is 0 Å². The number of aliphatic carboxylic acids is 1. The Kier molecular flexibility index (Phi) is 8.79. The van der Waals surface area contributed by atoms with Gasteiger partial charge in [-0.1, -0.05) is 30.3 Å². The van der Waals surface area contributed by atoms with Crippen molar-refractivity contribution in [2.45, 2.75) is 44.8 Å². The number of carboxylic acid groups (broad SMARTS) is 1. The van der Waals surface area contributed by atoms with Crippen LogP contribution in [-0.4, -0.2) is 55.5 Å². The van der Waals surface area contributed by atoms with Crippen molar-refractivity contribution >= 4 is 5.97 Å². The third-order valence-corrected chi connectivity index (χ3v) is 6.96. The summed E-state index contributed by atoms with van der Waals surface area (Å²) in [6.07, 6.45) is 2.74. The second-order valence-corrected chi connectivity index (χ2v) is 9.99. The van der Waals surface area contributed by atoms with Crippen LogP contribution >= 0.6 is 0 Å². The maximum Gasteiger partial charge on any atom is 0.347 e. The van der Waals surface area contributed by atoms with E-state index in [1.54, 1.807) is 26.4 Å². The van der Waals surface area contributed by atoms with Crippen molar-refractivity contribution in [2.75, 3.05) is 33.9 Å². The van der Waals surface area contributed by atoms with Gasteiger partial charge in [0.15, 0.2) is 17.1 Å². The first-order chi connectivity index (χ1) is 18.3. The largest absolute Gasteiger partial charge is 0.494 e. The summed E-state index contributed by atoms with van der Waals surface area (Å²) in [6.45, 7) is 5.49. The molecule has 0 saturated carbocycles. The van der Waals surface area contributed by atoms with Gasteiger partial charge in [0.2, 0.25) is 0 Å². The topological polar surface area (TPSA) is 77.5 Å². The van der Waals surface area contributed by atoms with Crippen LogP contribution in [0.4, 0.5) is 0 Å². The van der Waals surface area contributed by atoms with E-state index in [1.165, 1.54) is 30.5 Å². The minimum absolute atomic E-state index is 0.231. The molecular weight excluding hydrogens is 482 g/mol. The number of benzene rings is 3. The van der Waals surface area contributed by atoms with Crippen molar-refractivity contribution in [2.24, 2.45) is 0 Å². The van der Waals surface area contributed by atoms with Crippen molar-refractivity contribution < 1.29 is 28.8 Å². The number of fused-ring (bicyclic) bond motifs is 1. The van der Waals surface area contributed by atoms with Crippen molar-refractivity contribution in [1.29, 1.82) is 0 Å². The second kappa shape index (κ2) is 12.2. The van der Waals surface area contributed by atoms with Crippen molar-refractivity contribution in [1.82, 2.24) is 4.90 Å². The predicted molar refractivity (Wildman–Crippen MR) is 147 cm³/mol. The Labute approximate surface area is 224 Å². The summed E-state index contributed by atoms with van der Waals surface area (Å²) in [5.41, 5.74) is 2.61. The first kappa shape index (κ1) is 27.3. The number of rotatable bonds is 12. The van der Waals surface area contributed by atoms with Gasteiger partial charge >= 0.3 is 5.97 Å². The van der Waals surface area contributed by atoms with Gasteiger partial charge in [-0.2, -0.15) is 0 Å². The van der Waals surface area contributed by atoms with Crippen LogP contribution in [-0.2, 0) is 17.6 Å². The second-order valence-electron chi connectivity index (χ2n) is 9.99. The van der Waals surface area contributed by atoms with Gasteiger partial charge in [-0.25, -0.2) is 4.79 Å². The molecule has 1 aliphatic heterocycles. The Balaban J connectivity index is 1.40. The summed E-state index contributed by atoms with van der Waals surface area (Å²) in [4.78, 5) is 13.8. The molecular formula is C31H37NO6. The monoisotopic (exact) mass is 519 g/mol. The molecule has 38 heavy (non-hydrogen) atoms. The smallest absolute Gasteiger partial charge is 0.347 e. The van der Waals surface area contributed by atoms with Crippen LogP contribution in [0.15, 0.2) is 66.7 Å². The highest BCUT2D eigenvalue weighted by Gasteiger charge is 2.30. The van der Waals surface area contributed by atoms with Crippen LogP contribution in [0, 0.1) is 0 Å². The van der Waals surface area contributed by atoms with Gasteiger partial charge in [0.05, 0.1) is 20.8 Å². The molecule has 1 atom stereocenters. The van der Waals surface area contributed by atoms with Crippen LogP contribution in [0.1, 0.15) is 43.0 Å². The van der Waals surface area contributed by atoms with E-state index in [4.69, 9.17) is 18.9 Å². The van der Waals surface area contributed by atoms with Crippen molar-refractivity contribution in [3.05, 3.63) is 83.4 Å². The third-order valence-electron chi connectivity index (χ3n) is 6.96. The van der Waals surface area contributed by atoms with Crippen molar-refractivity contribution in [3.8, 4) is 23.0 Å². The molecule has 1 N–H and O–H groups in total. The molecule has 7 heteroatoms. The number of methoxy groups -OCH3 is 2. The molecule has 0 bridgehead atoms. The minimum Gasteiger partial charge on any atom is -0.494 e. The van der Waals surface area contributed by atoms with Crippen LogP contribution in [0.2, 0.25) is 0 Å². The highest BCUT2D eigenvalue weighted by molar-refractivity contribution is 5.76. The van der Waals surface area contributed by atoms with E-state index in [2.05, 4.69) is 41.3 Å². The number of ether oxygens (including phenoxy) is 4. The molecule has 0 fully saturated rings. The molecule has 4 rings (SSSR count). The van der Waals surface area contributed by atoms with Gasteiger partial charge < -0.3 is 24.1 Å². The number of carboxylic acids is 1. The molecule has 7 nitrogen and oxygen atoms in total. The Hall–Kier alpha value is -3.71. The number of hydrogen-bond acceptors (Lipinski definition) is 6. The van der Waals surface area contributed by atoms with Crippen LogP contribution in [0.25, 0.3) is 0 Å². The Bertz CT molecular complexity index is 1210. The molecule has 1 unspecified atom stereocenters. The normalized spacial score (nSPS) is 15.4. The average molecular weight is 520 g/mol. The number of nitrogens with zero attached hydrogens (tertiary/aromatic N) is 1. The van der Waals surface area contributed by atoms with Gasteiger partial charge in [0.25, 0.3) is 0 Å². The molecule has 0 aromatic heterocycles. The van der Waals surface area contributed by atoms with Gasteiger partial charge in [0, 0.05) is 19.1 Å². The Morgan fingerprint density at radius 1 is 0.974 bits per heavy atom. The predicted octanol–water partition coefficient (Wildman–Crippen LogP) is 5.56. The average Bonchev–Trinajstić information content (AvgIpc) is 2.92. The fourth-order valence-corrected chi connectivity index (χ4v) is 4.82. The number of carbonyl (C=O) groups is 1. The fourth-order valence-electron chi connectivity index (χ4n) is 4.82. The van der Waals surface area contributed by atoms with Crippen LogP contribution in [0.5, 0.6) is 23.0 Å². The lowest BCUT2D eigenvalue weighted by atomic mass is 9.88. The van der Waals surface area contributed by atoms with E-state index >= 15 is 0 Å². The van der Waals surface area contributed by atoms with Crippen LogP contribution < -0.4 is 18.9 Å². The maximum absolute atomic E-state index is 11.3. The highest BCUT2D eigenvalue weighted by Crippen LogP contribution is 2.39. The summed E-state index contributed by atoms with van der Waals surface area (Å²) in [6, 6.07) is 22.2. The van der Waals surface area contributed by atoms with E-state index in [0.29, 0.717) is 12.4 Å². The Morgan fingerprint density at radius 3 is 2.29 bits per heavy atom. The summed E-state index contributed by atoms with van der Waals surface area (Å²) in [5, 5.41) is 9.25. The molecule has 0 aliphatic carbocycles. The first-order valence-corrected chi connectivity index (χ1v) is 13.0. The SMILES string of the molecule is COc1cc2c(cc1OC)C(Cc1ccccc1)N(CCCOc1ccc(OC(C)(C)C(=O)O)cc1)CC2. The standard InChI is InChI=1S/C31H37NO6/c1-31(2,30(33)34)38-25-13-11-24(12-14-25)37-18-8-16-32-17-15-23-20-28(35-3)29(36-4)21-26(23)27(32)19-22-9-6-5-7-10-22/h5-7,9-14,20-21,27H,8,15-19H2,1-4H3,(H,33,34). The first-order valence-electron chi connectivity index (χ1n) is 13.0. The number of hydrogen-bond donors (Lipinski definition) is 1.